The first-order valence-corrected chi connectivity index (χ1v) is 6.50. The molecule has 7 nitrogen and oxygen atoms in total. The van der Waals surface area contributed by atoms with Crippen molar-refractivity contribution < 1.29 is 14.4 Å². The smallest absolute Gasteiger partial charge is 0.275 e. The molecule has 1 aromatic heterocycles. The highest BCUT2D eigenvalue weighted by Gasteiger charge is 2.30. The molecule has 1 fully saturated rings. The summed E-state index contributed by atoms with van der Waals surface area (Å²) < 4.78 is 0. The summed E-state index contributed by atoms with van der Waals surface area (Å²) in [5, 5.41) is 2.28. The van der Waals surface area contributed by atoms with Gasteiger partial charge in [0.1, 0.15) is 0 Å². The van der Waals surface area contributed by atoms with Crippen LogP contribution in [0.2, 0.25) is 0 Å². The Morgan fingerprint density at radius 2 is 2.32 bits per heavy atom. The van der Waals surface area contributed by atoms with Crippen LogP contribution in [0.1, 0.15) is 21.5 Å². The second-order valence-electron chi connectivity index (χ2n) is 4.23. The Kier molecular flexibility index (Phi) is 3.93. The molecule has 1 atom stereocenters. The van der Waals surface area contributed by atoms with E-state index >= 15 is 0 Å². The van der Waals surface area contributed by atoms with E-state index in [0.29, 0.717) is 11.4 Å². The molecule has 1 aliphatic rings. The minimum absolute atomic E-state index is 0.170. The van der Waals surface area contributed by atoms with Crippen molar-refractivity contribution in [2.45, 2.75) is 19.5 Å². The number of hydrazine groups is 1. The molecule has 0 aromatic carbocycles. The molecular formula is C11H14N4O3S. The van der Waals surface area contributed by atoms with Crippen LogP contribution in [-0.2, 0) is 16.1 Å². The summed E-state index contributed by atoms with van der Waals surface area (Å²) >= 11 is 1.29. The van der Waals surface area contributed by atoms with Gasteiger partial charge in [-0.05, 0) is 19.1 Å². The van der Waals surface area contributed by atoms with E-state index in [1.807, 2.05) is 0 Å². The number of carbonyl (C=O) groups is 3. The van der Waals surface area contributed by atoms with E-state index in [1.54, 1.807) is 24.0 Å². The van der Waals surface area contributed by atoms with E-state index in [2.05, 4.69) is 10.7 Å². The molecule has 4 N–H and O–H groups in total. The quantitative estimate of drug-likeness (QED) is 0.291. The van der Waals surface area contributed by atoms with Crippen molar-refractivity contribution in [3.63, 3.8) is 0 Å². The summed E-state index contributed by atoms with van der Waals surface area (Å²) in [4.78, 5) is 37.3. The summed E-state index contributed by atoms with van der Waals surface area (Å²) in [5.41, 5.74) is 2.06. The molecule has 0 bridgehead atoms. The molecule has 3 amide bonds. The third-order valence-electron chi connectivity index (χ3n) is 2.91. The summed E-state index contributed by atoms with van der Waals surface area (Å²) in [6.07, 6.45) is 0. The average Bonchev–Trinajstić information content (AvgIpc) is 2.83. The molecule has 0 aliphatic carbocycles. The van der Waals surface area contributed by atoms with Crippen molar-refractivity contribution in [3.8, 4) is 0 Å². The second kappa shape index (κ2) is 5.47. The largest absolute Gasteiger partial charge is 0.294 e. The monoisotopic (exact) mass is 282 g/mol. The lowest BCUT2D eigenvalue weighted by Gasteiger charge is -2.30. The molecule has 1 unspecified atom stereocenters. The van der Waals surface area contributed by atoms with Gasteiger partial charge < -0.3 is 0 Å². The van der Waals surface area contributed by atoms with Gasteiger partial charge in [0.05, 0.1) is 17.5 Å². The van der Waals surface area contributed by atoms with Gasteiger partial charge in [-0.3, -0.25) is 30.0 Å². The standard InChI is InChI=1S/C11H14N4O3S/c1-6-10(17)13-9(16)5-15(6)4-7-2-3-8(19-7)11(18)14-12/h2-3,6H,4-5,12H2,1H3,(H,14,18)(H,13,16,17). The fourth-order valence-corrected chi connectivity index (χ4v) is 2.75. The molecule has 102 valence electrons. The van der Waals surface area contributed by atoms with Crippen LogP contribution in [0.4, 0.5) is 0 Å². The Labute approximate surface area is 113 Å². The van der Waals surface area contributed by atoms with E-state index in [-0.39, 0.29) is 30.3 Å². The fraction of sp³-hybridized carbons (Fsp3) is 0.364. The van der Waals surface area contributed by atoms with Gasteiger partial charge in [0.15, 0.2) is 0 Å². The molecule has 2 heterocycles. The molecule has 2 rings (SSSR count). The predicted molar refractivity (Wildman–Crippen MR) is 69.0 cm³/mol. The van der Waals surface area contributed by atoms with Gasteiger partial charge in [0.25, 0.3) is 5.91 Å². The second-order valence-corrected chi connectivity index (χ2v) is 5.40. The summed E-state index contributed by atoms with van der Waals surface area (Å²) in [7, 11) is 0. The average molecular weight is 282 g/mol. The van der Waals surface area contributed by atoms with Gasteiger partial charge in [-0.25, -0.2) is 5.84 Å². The zero-order valence-electron chi connectivity index (χ0n) is 10.3. The molecule has 0 spiro atoms. The SMILES string of the molecule is CC1C(=O)NC(=O)CN1Cc1ccc(C(=O)NN)s1. The molecule has 1 aliphatic heterocycles. The molecular weight excluding hydrogens is 268 g/mol. The lowest BCUT2D eigenvalue weighted by Crippen LogP contribution is -2.56. The fourth-order valence-electron chi connectivity index (χ4n) is 1.82. The molecule has 0 saturated carbocycles. The number of nitrogens with zero attached hydrogens (tertiary/aromatic N) is 1. The Hall–Kier alpha value is -1.77. The predicted octanol–water partition coefficient (Wildman–Crippen LogP) is -0.802. The molecule has 19 heavy (non-hydrogen) atoms. The first kappa shape index (κ1) is 13.7. The van der Waals surface area contributed by atoms with Crippen LogP contribution in [0, 0.1) is 0 Å². The molecule has 1 aromatic rings. The van der Waals surface area contributed by atoms with Gasteiger partial charge in [-0.2, -0.15) is 0 Å². The first-order chi connectivity index (χ1) is 9.01. The summed E-state index contributed by atoms with van der Waals surface area (Å²) in [5.74, 6) is 4.10. The summed E-state index contributed by atoms with van der Waals surface area (Å²) in [6, 6.07) is 3.09. The van der Waals surface area contributed by atoms with Crippen LogP contribution >= 0.6 is 11.3 Å². The number of hydrogen-bond acceptors (Lipinski definition) is 6. The number of nitrogens with one attached hydrogen (secondary N) is 2. The maximum Gasteiger partial charge on any atom is 0.275 e. The lowest BCUT2D eigenvalue weighted by atomic mass is 10.2. The zero-order chi connectivity index (χ0) is 14.0. The van der Waals surface area contributed by atoms with Crippen molar-refractivity contribution >= 4 is 29.1 Å². The van der Waals surface area contributed by atoms with Crippen LogP contribution < -0.4 is 16.6 Å². The highest BCUT2D eigenvalue weighted by Crippen LogP contribution is 2.20. The maximum atomic E-state index is 11.5. The van der Waals surface area contributed by atoms with Crippen molar-refractivity contribution in [2.75, 3.05) is 6.54 Å². The van der Waals surface area contributed by atoms with Gasteiger partial charge in [0, 0.05) is 11.4 Å². The first-order valence-electron chi connectivity index (χ1n) is 5.68. The molecule has 8 heteroatoms. The van der Waals surface area contributed by atoms with E-state index in [1.165, 1.54) is 11.3 Å². The minimum Gasteiger partial charge on any atom is -0.294 e. The lowest BCUT2D eigenvalue weighted by molar-refractivity contribution is -0.139. The molecule has 0 radical (unpaired) electrons. The van der Waals surface area contributed by atoms with Gasteiger partial charge in [-0.15, -0.1) is 11.3 Å². The van der Waals surface area contributed by atoms with Gasteiger partial charge >= 0.3 is 0 Å². The van der Waals surface area contributed by atoms with E-state index in [0.717, 1.165) is 4.88 Å². The number of nitrogens with two attached hydrogens (primary N) is 1. The van der Waals surface area contributed by atoms with Crippen molar-refractivity contribution in [1.82, 2.24) is 15.6 Å². The highest BCUT2D eigenvalue weighted by molar-refractivity contribution is 7.14. The van der Waals surface area contributed by atoms with Crippen LogP contribution in [0.15, 0.2) is 12.1 Å². The Balaban J connectivity index is 2.08. The van der Waals surface area contributed by atoms with E-state index in [9.17, 15) is 14.4 Å². The van der Waals surface area contributed by atoms with E-state index in [4.69, 9.17) is 5.84 Å². The van der Waals surface area contributed by atoms with Crippen molar-refractivity contribution in [1.29, 1.82) is 0 Å². The van der Waals surface area contributed by atoms with E-state index < -0.39 is 0 Å². The third kappa shape index (κ3) is 2.98. The van der Waals surface area contributed by atoms with Crippen LogP contribution in [0.3, 0.4) is 0 Å². The number of carbonyl (C=O) groups excluding carboxylic acids is 3. The zero-order valence-corrected chi connectivity index (χ0v) is 11.1. The van der Waals surface area contributed by atoms with Crippen LogP contribution in [0.25, 0.3) is 0 Å². The molecule has 1 saturated heterocycles. The summed E-state index contributed by atoms with van der Waals surface area (Å²) in [6.45, 7) is 2.36. The number of rotatable bonds is 3. The number of amides is 3. The van der Waals surface area contributed by atoms with Crippen molar-refractivity contribution in [3.05, 3.63) is 21.9 Å². The number of imide groups is 1. The van der Waals surface area contributed by atoms with Crippen LogP contribution in [0.5, 0.6) is 0 Å². The van der Waals surface area contributed by atoms with Gasteiger partial charge in [0.2, 0.25) is 11.8 Å². The minimum atomic E-state index is -0.369. The number of piperazine rings is 1. The van der Waals surface area contributed by atoms with Crippen LogP contribution in [-0.4, -0.2) is 35.2 Å². The Bertz CT molecular complexity index is 528. The number of hydrogen-bond donors (Lipinski definition) is 3. The number of nitrogen functional groups attached to an aromatic ring is 1. The van der Waals surface area contributed by atoms with Crippen molar-refractivity contribution in [2.24, 2.45) is 5.84 Å². The number of thiophene rings is 1. The van der Waals surface area contributed by atoms with Gasteiger partial charge in [-0.1, -0.05) is 0 Å². The topological polar surface area (TPSA) is 105 Å². The normalized spacial score (nSPS) is 20.2. The highest BCUT2D eigenvalue weighted by atomic mass is 32.1. The maximum absolute atomic E-state index is 11.5. The Morgan fingerprint density at radius 3 is 3.00 bits per heavy atom. The Morgan fingerprint density at radius 1 is 1.58 bits per heavy atom. The third-order valence-corrected chi connectivity index (χ3v) is 3.98.